The summed E-state index contributed by atoms with van der Waals surface area (Å²) in [5.74, 6) is 0.346. The van der Waals surface area contributed by atoms with Crippen molar-refractivity contribution in [2.24, 2.45) is 0 Å². The molecule has 2 aromatic heterocycles. The van der Waals surface area contributed by atoms with Crippen molar-refractivity contribution in [1.29, 1.82) is 0 Å². The molecule has 2 heterocycles. The summed E-state index contributed by atoms with van der Waals surface area (Å²) in [5, 5.41) is 3.38. The number of hydrogen-bond donors (Lipinski definition) is 1. The Morgan fingerprint density at radius 1 is 1.18 bits per heavy atom. The van der Waals surface area contributed by atoms with E-state index < -0.39 is 0 Å². The first-order valence-corrected chi connectivity index (χ1v) is 7.54. The van der Waals surface area contributed by atoms with Gasteiger partial charge in [-0.25, -0.2) is 15.0 Å². The van der Waals surface area contributed by atoms with Crippen LogP contribution in [0.5, 0.6) is 0 Å². The van der Waals surface area contributed by atoms with E-state index in [1.807, 2.05) is 30.3 Å². The number of nitrogens with zero attached hydrogens (tertiary/aromatic N) is 4. The van der Waals surface area contributed by atoms with Gasteiger partial charge in [0.1, 0.15) is 12.0 Å². The maximum atomic E-state index is 12.2. The Bertz CT molecular complexity index is 718. The quantitative estimate of drug-likeness (QED) is 0.732. The van der Waals surface area contributed by atoms with Gasteiger partial charge in [-0.1, -0.05) is 30.3 Å². The van der Waals surface area contributed by atoms with Gasteiger partial charge in [-0.3, -0.25) is 15.2 Å². The predicted molar refractivity (Wildman–Crippen MR) is 84.2 cm³/mol. The van der Waals surface area contributed by atoms with Crippen molar-refractivity contribution in [3.05, 3.63) is 71.1 Å². The summed E-state index contributed by atoms with van der Waals surface area (Å²) in [6.07, 6.45) is 3.08. The van der Waals surface area contributed by atoms with Crippen LogP contribution in [-0.2, 0) is 6.54 Å². The lowest BCUT2D eigenvalue weighted by Gasteiger charge is -2.23. The number of hydrogen-bond acceptors (Lipinski definition) is 6. The maximum Gasteiger partial charge on any atom is 0.289 e. The zero-order valence-electron chi connectivity index (χ0n) is 11.6. The van der Waals surface area contributed by atoms with Crippen LogP contribution < -0.4 is 10.4 Å². The van der Waals surface area contributed by atoms with Crippen LogP contribution in [0, 0.1) is 0 Å². The minimum Gasteiger partial charge on any atom is -0.266 e. The van der Waals surface area contributed by atoms with E-state index in [4.69, 9.17) is 0 Å². The number of carbonyl (C=O) groups is 1. The zero-order valence-corrected chi connectivity index (χ0v) is 12.4. The fourth-order valence-corrected chi connectivity index (χ4v) is 2.42. The average Bonchev–Trinajstić information content (AvgIpc) is 3.11. The van der Waals surface area contributed by atoms with Gasteiger partial charge in [0, 0.05) is 17.6 Å². The summed E-state index contributed by atoms with van der Waals surface area (Å²) in [6.45, 7) is 0.494. The van der Waals surface area contributed by atoms with Gasteiger partial charge in [0.2, 0.25) is 0 Å². The normalized spacial score (nSPS) is 10.2. The number of anilines is 1. The molecule has 0 aliphatic rings. The summed E-state index contributed by atoms with van der Waals surface area (Å²) in [6, 6.07) is 11.6. The first-order valence-electron chi connectivity index (χ1n) is 6.59. The minimum atomic E-state index is -0.268. The van der Waals surface area contributed by atoms with E-state index in [0.717, 1.165) is 5.56 Å². The second-order valence-corrected chi connectivity index (χ2v) is 5.17. The topological polar surface area (TPSA) is 71.0 Å². The molecule has 22 heavy (non-hydrogen) atoms. The molecule has 0 atom stereocenters. The molecule has 0 fully saturated rings. The van der Waals surface area contributed by atoms with Gasteiger partial charge in [-0.15, -0.1) is 11.3 Å². The van der Waals surface area contributed by atoms with Gasteiger partial charge in [0.25, 0.3) is 5.91 Å². The highest BCUT2D eigenvalue weighted by atomic mass is 32.1. The van der Waals surface area contributed by atoms with Crippen LogP contribution in [0.25, 0.3) is 0 Å². The molecule has 110 valence electrons. The smallest absolute Gasteiger partial charge is 0.266 e. The van der Waals surface area contributed by atoms with Crippen LogP contribution in [-0.4, -0.2) is 20.9 Å². The highest BCUT2D eigenvalue weighted by molar-refractivity contribution is 7.07. The third-order valence-corrected chi connectivity index (χ3v) is 3.51. The van der Waals surface area contributed by atoms with E-state index in [1.54, 1.807) is 28.2 Å². The molecule has 0 saturated carbocycles. The van der Waals surface area contributed by atoms with E-state index in [-0.39, 0.29) is 5.91 Å². The van der Waals surface area contributed by atoms with Crippen molar-refractivity contribution in [2.45, 2.75) is 6.54 Å². The Morgan fingerprint density at radius 3 is 2.73 bits per heavy atom. The lowest BCUT2D eigenvalue weighted by Crippen LogP contribution is -2.42. The fourth-order valence-electron chi connectivity index (χ4n) is 1.89. The zero-order chi connectivity index (χ0) is 15.2. The Morgan fingerprint density at radius 2 is 2.05 bits per heavy atom. The molecule has 1 aromatic carbocycles. The Labute approximate surface area is 131 Å². The summed E-state index contributed by atoms with van der Waals surface area (Å²) in [7, 11) is 0. The van der Waals surface area contributed by atoms with Crippen molar-refractivity contribution < 1.29 is 4.79 Å². The molecule has 0 aliphatic carbocycles. The monoisotopic (exact) mass is 311 g/mol. The van der Waals surface area contributed by atoms with Crippen LogP contribution in [0.4, 0.5) is 5.82 Å². The van der Waals surface area contributed by atoms with Gasteiger partial charge < -0.3 is 0 Å². The van der Waals surface area contributed by atoms with Crippen LogP contribution in [0.2, 0.25) is 0 Å². The van der Waals surface area contributed by atoms with Crippen molar-refractivity contribution in [2.75, 3.05) is 5.01 Å². The second kappa shape index (κ2) is 6.77. The Hall–Kier alpha value is -2.80. The van der Waals surface area contributed by atoms with Crippen molar-refractivity contribution in [3.63, 3.8) is 0 Å². The van der Waals surface area contributed by atoms with Crippen molar-refractivity contribution in [1.82, 2.24) is 20.4 Å². The number of aromatic nitrogens is 3. The van der Waals surface area contributed by atoms with Gasteiger partial charge in [-0.2, -0.15) is 0 Å². The number of benzene rings is 1. The first kappa shape index (κ1) is 14.2. The standard InChI is InChI=1S/C15H13N5OS/c21-15(13-9-22-11-18-13)19-20(14-6-7-16-10-17-14)8-12-4-2-1-3-5-12/h1-7,9-11H,8H2,(H,19,21). The number of amides is 1. The van der Waals surface area contributed by atoms with Crippen LogP contribution in [0.1, 0.15) is 16.1 Å². The number of hydrazine groups is 1. The molecule has 0 radical (unpaired) electrons. The molecule has 3 aromatic rings. The molecule has 3 rings (SSSR count). The summed E-state index contributed by atoms with van der Waals surface area (Å²) >= 11 is 1.38. The Balaban J connectivity index is 1.82. The molecule has 0 bridgehead atoms. The van der Waals surface area contributed by atoms with Crippen LogP contribution >= 0.6 is 11.3 Å². The van der Waals surface area contributed by atoms with Crippen molar-refractivity contribution in [3.8, 4) is 0 Å². The molecule has 6 nitrogen and oxygen atoms in total. The lowest BCUT2D eigenvalue weighted by molar-refractivity contribution is 0.0943. The first-order chi connectivity index (χ1) is 10.8. The Kier molecular flexibility index (Phi) is 4.35. The van der Waals surface area contributed by atoms with Crippen molar-refractivity contribution >= 4 is 23.1 Å². The van der Waals surface area contributed by atoms with Gasteiger partial charge in [0.05, 0.1) is 12.1 Å². The SMILES string of the molecule is O=C(NN(Cc1ccccc1)c1ccncn1)c1cscn1. The highest BCUT2D eigenvalue weighted by Gasteiger charge is 2.15. The molecular formula is C15H13N5OS. The van der Waals surface area contributed by atoms with E-state index >= 15 is 0 Å². The third-order valence-electron chi connectivity index (χ3n) is 2.93. The molecule has 1 N–H and O–H groups in total. The molecular weight excluding hydrogens is 298 g/mol. The molecule has 7 heteroatoms. The number of nitrogens with one attached hydrogen (secondary N) is 1. The summed E-state index contributed by atoms with van der Waals surface area (Å²) < 4.78 is 0. The lowest BCUT2D eigenvalue weighted by atomic mass is 10.2. The predicted octanol–water partition coefficient (Wildman–Crippen LogP) is 2.28. The third kappa shape index (κ3) is 3.44. The summed E-state index contributed by atoms with van der Waals surface area (Å²) in [5.41, 5.74) is 5.90. The van der Waals surface area contributed by atoms with E-state index in [0.29, 0.717) is 18.1 Å². The second-order valence-electron chi connectivity index (χ2n) is 4.45. The fraction of sp³-hybridized carbons (Fsp3) is 0.0667. The van der Waals surface area contributed by atoms with Gasteiger partial charge >= 0.3 is 0 Å². The molecule has 0 saturated heterocycles. The van der Waals surface area contributed by atoms with Crippen LogP contribution in [0.15, 0.2) is 59.8 Å². The number of carbonyl (C=O) groups excluding carboxylic acids is 1. The molecule has 1 amide bonds. The highest BCUT2D eigenvalue weighted by Crippen LogP contribution is 2.12. The van der Waals surface area contributed by atoms with Gasteiger partial charge in [-0.05, 0) is 5.56 Å². The average molecular weight is 311 g/mol. The maximum absolute atomic E-state index is 12.2. The molecule has 0 spiro atoms. The van der Waals surface area contributed by atoms with E-state index in [1.165, 1.54) is 17.7 Å². The largest absolute Gasteiger partial charge is 0.289 e. The van der Waals surface area contributed by atoms with Gasteiger partial charge in [0.15, 0.2) is 5.82 Å². The van der Waals surface area contributed by atoms with E-state index in [2.05, 4.69) is 20.4 Å². The van der Waals surface area contributed by atoms with Crippen LogP contribution in [0.3, 0.4) is 0 Å². The number of thiazole rings is 1. The minimum absolute atomic E-state index is 0.268. The van der Waals surface area contributed by atoms with E-state index in [9.17, 15) is 4.79 Å². The molecule has 0 unspecified atom stereocenters. The number of rotatable bonds is 5. The molecule has 0 aliphatic heterocycles. The summed E-state index contributed by atoms with van der Waals surface area (Å²) in [4.78, 5) is 24.3.